The Morgan fingerprint density at radius 1 is 0.348 bits per heavy atom. The average Bonchev–Trinajstić information content (AvgIpc) is 3.95. The number of hydrogen-bond donors (Lipinski definition) is 0. The van der Waals surface area contributed by atoms with E-state index in [1.807, 2.05) is 0 Å². The molecule has 0 heterocycles. The molecule has 0 spiro atoms. The highest BCUT2D eigenvalue weighted by Crippen LogP contribution is 2.55. The van der Waals surface area contributed by atoms with E-state index in [1.54, 1.807) is 0 Å². The largest absolute Gasteiger partial charge is 0.370 e. The van der Waals surface area contributed by atoms with Gasteiger partial charge >= 0.3 is 0 Å². The molecule has 0 N–H and O–H groups in total. The number of rotatable bonds is 20. The Labute approximate surface area is 280 Å². The molecule has 0 aromatic carbocycles. The molecule has 256 valence electrons. The summed E-state index contributed by atoms with van der Waals surface area (Å²) in [5.41, 5.74) is 3.03. The maximum atomic E-state index is 9.59. The lowest BCUT2D eigenvalue weighted by Gasteiger charge is -2.38. The molecule has 0 aliphatic heterocycles. The van der Waals surface area contributed by atoms with Gasteiger partial charge in [-0.2, -0.15) is 30.8 Å². The Hall–Kier alpha value is -3.84. The summed E-state index contributed by atoms with van der Waals surface area (Å²) in [6.45, 7) is 35.3. The zero-order valence-electron chi connectivity index (χ0n) is 30.9. The summed E-state index contributed by atoms with van der Waals surface area (Å²) in [4.78, 5) is 16.0. The van der Waals surface area contributed by atoms with E-state index in [2.05, 4.69) is 137 Å². The Balaban J connectivity index is 0.000000460. The van der Waals surface area contributed by atoms with Gasteiger partial charge in [0.25, 0.3) is 0 Å². The van der Waals surface area contributed by atoms with Crippen LogP contribution in [0.1, 0.15) is 83.1 Å². The van der Waals surface area contributed by atoms with Crippen molar-refractivity contribution in [3.63, 3.8) is 0 Å². The second-order valence-corrected chi connectivity index (χ2v) is 10.8. The minimum absolute atomic E-state index is 0.703. The van der Waals surface area contributed by atoms with Crippen molar-refractivity contribution in [1.29, 1.82) is 21.0 Å². The Kier molecular flexibility index (Phi) is 16.0. The SMILES string of the molecule is CCN(CC)C1=C(N(CC)CC)C1(N(C#N)C#N)N(CC)CC.CCN(CC)C1=C(N(CC)CC)C1(N(C#N)C#N)N(CC)CC. The summed E-state index contributed by atoms with van der Waals surface area (Å²) in [5, 5.41) is 38.4. The molecule has 46 heavy (non-hydrogen) atoms. The van der Waals surface area contributed by atoms with Crippen LogP contribution in [0.25, 0.3) is 0 Å². The van der Waals surface area contributed by atoms with Crippen LogP contribution in [-0.4, -0.2) is 129 Å². The van der Waals surface area contributed by atoms with Gasteiger partial charge in [-0.15, -0.1) is 0 Å². The van der Waals surface area contributed by atoms with E-state index >= 15 is 0 Å². The number of nitriles is 4. The predicted molar refractivity (Wildman–Crippen MR) is 183 cm³/mol. The Morgan fingerprint density at radius 2 is 0.522 bits per heavy atom. The van der Waals surface area contributed by atoms with Crippen LogP contribution in [-0.2, 0) is 0 Å². The minimum Gasteiger partial charge on any atom is -0.370 e. The molecule has 0 bridgehead atoms. The van der Waals surface area contributed by atoms with Gasteiger partial charge in [-0.3, -0.25) is 9.80 Å². The van der Waals surface area contributed by atoms with Crippen molar-refractivity contribution in [2.45, 2.75) is 94.4 Å². The quantitative estimate of drug-likeness (QED) is 0.107. The van der Waals surface area contributed by atoms with Crippen molar-refractivity contribution >= 4 is 0 Å². The third-order valence-corrected chi connectivity index (χ3v) is 9.45. The summed E-state index contributed by atoms with van der Waals surface area (Å²) in [7, 11) is 0. The lowest BCUT2D eigenvalue weighted by Crippen LogP contribution is -2.54. The first-order chi connectivity index (χ1) is 22.2. The molecule has 12 heteroatoms. The van der Waals surface area contributed by atoms with Gasteiger partial charge in [0, 0.05) is 52.4 Å². The molecule has 0 fully saturated rings. The maximum absolute atomic E-state index is 9.59. The molecular weight excluding hydrogens is 576 g/mol. The molecule has 2 aliphatic rings. The summed E-state index contributed by atoms with van der Waals surface area (Å²) in [5.74, 6) is 0. The summed E-state index contributed by atoms with van der Waals surface area (Å²) in [6.07, 6.45) is 8.42. The van der Waals surface area contributed by atoms with Crippen molar-refractivity contribution in [1.82, 2.24) is 39.2 Å². The zero-order chi connectivity index (χ0) is 35.2. The van der Waals surface area contributed by atoms with Crippen LogP contribution in [0.2, 0.25) is 0 Å². The van der Waals surface area contributed by atoms with Crippen LogP contribution < -0.4 is 0 Å². The van der Waals surface area contributed by atoms with Crippen molar-refractivity contribution in [2.24, 2.45) is 0 Å². The van der Waals surface area contributed by atoms with E-state index in [0.717, 1.165) is 101 Å². The highest BCUT2D eigenvalue weighted by Gasteiger charge is 2.67. The molecule has 0 aromatic heterocycles. The molecular formula is C34H60N12. The first-order valence-electron chi connectivity index (χ1n) is 17.4. The van der Waals surface area contributed by atoms with Crippen LogP contribution in [0, 0.1) is 45.8 Å². The monoisotopic (exact) mass is 637 g/mol. The predicted octanol–water partition coefficient (Wildman–Crippen LogP) is 4.39. The lowest BCUT2D eigenvalue weighted by atomic mass is 10.2. The van der Waals surface area contributed by atoms with Gasteiger partial charge in [0.05, 0.1) is 22.8 Å². The molecule has 0 unspecified atom stereocenters. The fourth-order valence-corrected chi connectivity index (χ4v) is 7.12. The van der Waals surface area contributed by atoms with E-state index < -0.39 is 11.3 Å². The van der Waals surface area contributed by atoms with Crippen molar-refractivity contribution in [3.8, 4) is 24.8 Å². The first kappa shape index (κ1) is 40.2. The van der Waals surface area contributed by atoms with Crippen molar-refractivity contribution < 1.29 is 0 Å². The van der Waals surface area contributed by atoms with Crippen LogP contribution in [0.3, 0.4) is 0 Å². The summed E-state index contributed by atoms with van der Waals surface area (Å²) in [6, 6.07) is 0. The van der Waals surface area contributed by atoms with Crippen LogP contribution >= 0.6 is 0 Å². The summed E-state index contributed by atoms with van der Waals surface area (Å²) < 4.78 is 0. The molecule has 0 saturated heterocycles. The van der Waals surface area contributed by atoms with E-state index in [9.17, 15) is 21.0 Å². The third kappa shape index (κ3) is 6.66. The van der Waals surface area contributed by atoms with E-state index in [-0.39, 0.29) is 0 Å². The maximum Gasteiger partial charge on any atom is 0.202 e. The number of hydrogen-bond acceptors (Lipinski definition) is 12. The smallest absolute Gasteiger partial charge is 0.202 e. The number of likely N-dealkylation sites (N-methyl/N-ethyl adjacent to an activating group) is 6. The topological polar surface area (TPSA) is 121 Å². The van der Waals surface area contributed by atoms with Gasteiger partial charge in [-0.05, 0) is 81.6 Å². The molecule has 2 rings (SSSR count). The normalized spacial score (nSPS) is 15.2. The van der Waals surface area contributed by atoms with Crippen LogP contribution in [0.5, 0.6) is 0 Å². The fraction of sp³-hybridized carbons (Fsp3) is 0.765. The van der Waals surface area contributed by atoms with E-state index in [0.29, 0.717) is 0 Å². The highest BCUT2D eigenvalue weighted by molar-refractivity contribution is 5.56. The second kappa shape index (κ2) is 18.3. The van der Waals surface area contributed by atoms with Gasteiger partial charge in [0.1, 0.15) is 0 Å². The van der Waals surface area contributed by atoms with E-state index in [1.165, 1.54) is 9.80 Å². The zero-order valence-corrected chi connectivity index (χ0v) is 30.9. The number of nitrogens with zero attached hydrogens (tertiary/aromatic N) is 12. The Bertz CT molecular complexity index is 1020. The summed E-state index contributed by atoms with van der Waals surface area (Å²) >= 11 is 0. The van der Waals surface area contributed by atoms with Crippen LogP contribution in [0.4, 0.5) is 0 Å². The van der Waals surface area contributed by atoms with Crippen molar-refractivity contribution in [3.05, 3.63) is 22.8 Å². The molecule has 0 radical (unpaired) electrons. The Morgan fingerprint density at radius 3 is 0.630 bits per heavy atom. The van der Waals surface area contributed by atoms with E-state index in [4.69, 9.17) is 0 Å². The third-order valence-electron chi connectivity index (χ3n) is 9.45. The standard InChI is InChI=1S/2C17H30N6/c2*1-7-20(8-2)15-16(21(9-3)10-4)17(15,22(11-5)12-6)23(13-18)14-19/h2*7-12H2,1-6H3. The molecule has 0 saturated carbocycles. The van der Waals surface area contributed by atoms with Crippen LogP contribution in [0.15, 0.2) is 22.8 Å². The molecule has 0 atom stereocenters. The lowest BCUT2D eigenvalue weighted by molar-refractivity contribution is 0.0833. The second-order valence-electron chi connectivity index (χ2n) is 10.8. The average molecular weight is 637 g/mol. The fourth-order valence-electron chi connectivity index (χ4n) is 7.12. The molecule has 0 aromatic rings. The van der Waals surface area contributed by atoms with Gasteiger partial charge in [-0.1, -0.05) is 27.7 Å². The molecule has 12 nitrogen and oxygen atoms in total. The molecule has 0 amide bonds. The van der Waals surface area contributed by atoms with Crippen molar-refractivity contribution in [2.75, 3.05) is 78.5 Å². The molecule has 2 aliphatic carbocycles. The van der Waals surface area contributed by atoms with Gasteiger partial charge in [0.2, 0.25) is 11.3 Å². The minimum atomic E-state index is -0.703. The van der Waals surface area contributed by atoms with Gasteiger partial charge < -0.3 is 19.6 Å². The van der Waals surface area contributed by atoms with Gasteiger partial charge in [0.15, 0.2) is 24.8 Å². The highest BCUT2D eigenvalue weighted by atomic mass is 15.5. The first-order valence-corrected chi connectivity index (χ1v) is 17.4. The van der Waals surface area contributed by atoms with Gasteiger partial charge in [-0.25, -0.2) is 0 Å².